The lowest BCUT2D eigenvalue weighted by molar-refractivity contribution is -0.141. The maximum Gasteiger partial charge on any atom is 0.433 e. The van der Waals surface area contributed by atoms with Gasteiger partial charge in [-0.05, 0) is 29.8 Å². The molecule has 0 atom stereocenters. The molecule has 21 heavy (non-hydrogen) atoms. The molecule has 1 aromatic carbocycles. The first kappa shape index (κ1) is 14.8. The maximum absolute atomic E-state index is 12.4. The van der Waals surface area contributed by atoms with Crippen molar-refractivity contribution in [2.45, 2.75) is 12.8 Å². The lowest BCUT2D eigenvalue weighted by Gasteiger charge is -2.10. The van der Waals surface area contributed by atoms with Crippen molar-refractivity contribution in [3.63, 3.8) is 0 Å². The predicted molar refractivity (Wildman–Crippen MR) is 67.9 cm³/mol. The minimum Gasteiger partial charge on any atom is -0.467 e. The highest BCUT2D eigenvalue weighted by Crippen LogP contribution is 2.34. The SMILES string of the molecule is [C-]#[N+]c1cc(CO)ccc1Oc1ccc(C(F)(F)F)nc1. The summed E-state index contributed by atoms with van der Waals surface area (Å²) in [6.45, 7) is 6.82. The van der Waals surface area contributed by atoms with Gasteiger partial charge in [0.15, 0.2) is 0 Å². The molecule has 0 aliphatic heterocycles. The average Bonchev–Trinajstić information content (AvgIpc) is 2.47. The number of benzene rings is 1. The van der Waals surface area contributed by atoms with Gasteiger partial charge in [0.25, 0.3) is 0 Å². The number of aliphatic hydroxyl groups is 1. The van der Waals surface area contributed by atoms with E-state index in [0.29, 0.717) is 5.56 Å². The number of hydrogen-bond donors (Lipinski definition) is 1. The van der Waals surface area contributed by atoms with Gasteiger partial charge in [0.05, 0.1) is 19.4 Å². The molecule has 2 aromatic rings. The Hall–Kier alpha value is -2.59. The molecule has 0 amide bonds. The van der Waals surface area contributed by atoms with Gasteiger partial charge in [-0.3, -0.25) is 0 Å². The molecule has 0 saturated heterocycles. The topological polar surface area (TPSA) is 46.7 Å². The van der Waals surface area contributed by atoms with Crippen LogP contribution in [0.5, 0.6) is 11.5 Å². The second-order valence-electron chi connectivity index (χ2n) is 4.05. The summed E-state index contributed by atoms with van der Waals surface area (Å²) in [4.78, 5) is 6.51. The van der Waals surface area contributed by atoms with Gasteiger partial charge in [0.2, 0.25) is 5.69 Å². The number of rotatable bonds is 3. The molecular weight excluding hydrogens is 285 g/mol. The Morgan fingerprint density at radius 1 is 1.24 bits per heavy atom. The molecule has 1 aromatic heterocycles. The number of aliphatic hydroxyl groups excluding tert-OH is 1. The van der Waals surface area contributed by atoms with Gasteiger partial charge < -0.3 is 9.84 Å². The van der Waals surface area contributed by atoms with Crippen LogP contribution in [-0.2, 0) is 12.8 Å². The van der Waals surface area contributed by atoms with Crippen LogP contribution in [0.2, 0.25) is 0 Å². The van der Waals surface area contributed by atoms with Crippen LogP contribution < -0.4 is 4.74 Å². The number of nitrogens with zero attached hydrogens (tertiary/aromatic N) is 2. The van der Waals surface area contributed by atoms with Crippen molar-refractivity contribution in [1.82, 2.24) is 4.98 Å². The fourth-order valence-electron chi connectivity index (χ4n) is 1.57. The smallest absolute Gasteiger partial charge is 0.433 e. The largest absolute Gasteiger partial charge is 0.467 e. The summed E-state index contributed by atoms with van der Waals surface area (Å²) in [6, 6.07) is 6.40. The van der Waals surface area contributed by atoms with E-state index in [1.807, 2.05) is 0 Å². The van der Waals surface area contributed by atoms with Crippen molar-refractivity contribution in [2.24, 2.45) is 0 Å². The third-order valence-corrected chi connectivity index (χ3v) is 2.58. The molecule has 0 saturated carbocycles. The minimum absolute atomic E-state index is 0.0876. The van der Waals surface area contributed by atoms with E-state index in [0.717, 1.165) is 18.3 Å². The monoisotopic (exact) mass is 294 g/mol. The normalized spacial score (nSPS) is 11.0. The van der Waals surface area contributed by atoms with Gasteiger partial charge in [-0.1, -0.05) is 6.07 Å². The Balaban J connectivity index is 2.25. The molecule has 1 N–H and O–H groups in total. The number of pyridine rings is 1. The summed E-state index contributed by atoms with van der Waals surface area (Å²) < 4.78 is 42.5. The summed E-state index contributed by atoms with van der Waals surface area (Å²) in [5.74, 6) is 0.272. The van der Waals surface area contributed by atoms with Crippen molar-refractivity contribution in [3.8, 4) is 11.5 Å². The van der Waals surface area contributed by atoms with Gasteiger partial charge in [-0.2, -0.15) is 13.2 Å². The third-order valence-electron chi connectivity index (χ3n) is 2.58. The summed E-state index contributed by atoms with van der Waals surface area (Å²) in [7, 11) is 0. The van der Waals surface area contributed by atoms with Crippen LogP contribution in [0.25, 0.3) is 4.85 Å². The van der Waals surface area contributed by atoms with Crippen LogP contribution >= 0.6 is 0 Å². The minimum atomic E-state index is -4.51. The van der Waals surface area contributed by atoms with E-state index in [1.165, 1.54) is 12.1 Å². The van der Waals surface area contributed by atoms with Gasteiger partial charge >= 0.3 is 6.18 Å². The second-order valence-corrected chi connectivity index (χ2v) is 4.05. The molecule has 108 valence electrons. The van der Waals surface area contributed by atoms with E-state index >= 15 is 0 Å². The van der Waals surface area contributed by atoms with Gasteiger partial charge in [-0.15, -0.1) is 0 Å². The van der Waals surface area contributed by atoms with E-state index in [-0.39, 0.29) is 23.8 Å². The van der Waals surface area contributed by atoms with Crippen molar-refractivity contribution in [3.05, 3.63) is 59.2 Å². The van der Waals surface area contributed by atoms with E-state index in [4.69, 9.17) is 16.4 Å². The lowest BCUT2D eigenvalue weighted by Crippen LogP contribution is -2.07. The lowest BCUT2D eigenvalue weighted by atomic mass is 10.2. The van der Waals surface area contributed by atoms with E-state index in [2.05, 4.69) is 9.83 Å². The van der Waals surface area contributed by atoms with Crippen LogP contribution in [0.15, 0.2) is 36.5 Å². The molecule has 0 fully saturated rings. The van der Waals surface area contributed by atoms with E-state index in [9.17, 15) is 13.2 Å². The molecule has 4 nitrogen and oxygen atoms in total. The first-order valence-electron chi connectivity index (χ1n) is 5.76. The molecule has 2 rings (SSSR count). The molecule has 0 aliphatic carbocycles. The van der Waals surface area contributed by atoms with E-state index < -0.39 is 11.9 Å². The number of hydrogen-bond acceptors (Lipinski definition) is 3. The number of halogens is 3. The zero-order chi connectivity index (χ0) is 15.5. The molecule has 1 heterocycles. The summed E-state index contributed by atoms with van der Waals surface area (Å²) in [6.07, 6.45) is -3.57. The highest BCUT2D eigenvalue weighted by atomic mass is 19.4. The molecule has 0 radical (unpaired) electrons. The highest BCUT2D eigenvalue weighted by molar-refractivity contribution is 5.60. The summed E-state index contributed by atoms with van der Waals surface area (Å²) in [5.41, 5.74) is -0.323. The molecule has 0 aliphatic rings. The quantitative estimate of drug-likeness (QED) is 0.872. The van der Waals surface area contributed by atoms with Gasteiger partial charge in [0.1, 0.15) is 17.2 Å². The number of aromatic nitrogens is 1. The number of alkyl halides is 3. The molecule has 0 bridgehead atoms. The zero-order valence-electron chi connectivity index (χ0n) is 10.6. The Labute approximate surface area is 118 Å². The van der Waals surface area contributed by atoms with Crippen LogP contribution in [0, 0.1) is 6.57 Å². The second kappa shape index (κ2) is 5.81. The van der Waals surface area contributed by atoms with Crippen LogP contribution in [0.3, 0.4) is 0 Å². The standard InChI is InChI=1S/C14H9F3N2O2/c1-18-11-6-9(8-20)2-4-12(11)21-10-3-5-13(19-7-10)14(15,16)17/h2-7,20H,8H2. The van der Waals surface area contributed by atoms with Crippen molar-refractivity contribution < 1.29 is 23.0 Å². The fraction of sp³-hybridized carbons (Fsp3) is 0.143. The molecular formula is C14H9F3N2O2. The van der Waals surface area contributed by atoms with Crippen LogP contribution in [-0.4, -0.2) is 10.1 Å². The van der Waals surface area contributed by atoms with Gasteiger partial charge in [-0.25, -0.2) is 9.83 Å². The zero-order valence-corrected chi connectivity index (χ0v) is 10.6. The third kappa shape index (κ3) is 3.49. The van der Waals surface area contributed by atoms with E-state index in [1.54, 1.807) is 6.07 Å². The molecule has 7 heteroatoms. The molecule has 0 spiro atoms. The Kier molecular flexibility index (Phi) is 4.10. The van der Waals surface area contributed by atoms with Crippen molar-refractivity contribution >= 4 is 5.69 Å². The predicted octanol–water partition coefficient (Wildman–Crippen LogP) is 3.94. The average molecular weight is 294 g/mol. The first-order valence-corrected chi connectivity index (χ1v) is 5.76. The Bertz CT molecular complexity index is 676. The maximum atomic E-state index is 12.4. The Morgan fingerprint density at radius 2 is 2.00 bits per heavy atom. The van der Waals surface area contributed by atoms with Crippen molar-refractivity contribution in [2.75, 3.05) is 0 Å². The summed E-state index contributed by atoms with van der Waals surface area (Å²) >= 11 is 0. The number of ether oxygens (including phenoxy) is 1. The summed E-state index contributed by atoms with van der Waals surface area (Å²) in [5, 5.41) is 8.98. The van der Waals surface area contributed by atoms with Crippen molar-refractivity contribution in [1.29, 1.82) is 0 Å². The van der Waals surface area contributed by atoms with Gasteiger partial charge in [0, 0.05) is 0 Å². The molecule has 0 unspecified atom stereocenters. The van der Waals surface area contributed by atoms with Crippen LogP contribution in [0.4, 0.5) is 18.9 Å². The Morgan fingerprint density at radius 3 is 2.52 bits per heavy atom. The first-order chi connectivity index (χ1) is 9.94. The highest BCUT2D eigenvalue weighted by Gasteiger charge is 2.32. The fourth-order valence-corrected chi connectivity index (χ4v) is 1.57. The van der Waals surface area contributed by atoms with Crippen LogP contribution in [0.1, 0.15) is 11.3 Å².